The normalized spacial score (nSPS) is 14.8. The smallest absolute Gasteiger partial charge is 0.244 e. The van der Waals surface area contributed by atoms with E-state index in [1.807, 2.05) is 32.0 Å². The molecule has 6 heteroatoms. The molecule has 1 aromatic heterocycles. The maximum atomic E-state index is 13.3. The molecule has 1 fully saturated rings. The van der Waals surface area contributed by atoms with Gasteiger partial charge in [0, 0.05) is 12.2 Å². The van der Waals surface area contributed by atoms with E-state index in [9.17, 15) is 8.42 Å². The number of aromatic nitrogens is 1. The van der Waals surface area contributed by atoms with Crippen LogP contribution in [0.15, 0.2) is 41.4 Å². The van der Waals surface area contributed by atoms with E-state index >= 15 is 0 Å². The lowest BCUT2D eigenvalue weighted by molar-refractivity contribution is 0.393. The summed E-state index contributed by atoms with van der Waals surface area (Å²) < 4.78 is 33.5. The van der Waals surface area contributed by atoms with Crippen molar-refractivity contribution in [3.63, 3.8) is 0 Å². The Morgan fingerprint density at radius 2 is 1.88 bits per heavy atom. The second-order valence-electron chi connectivity index (χ2n) is 6.19. The molecular formula is C18H22N2O3S. The van der Waals surface area contributed by atoms with Gasteiger partial charge in [-0.25, -0.2) is 8.42 Å². The minimum absolute atomic E-state index is 0.0675. The van der Waals surface area contributed by atoms with Crippen molar-refractivity contribution in [2.45, 2.75) is 44.2 Å². The SMILES string of the molecule is COc1cc(C)c(S(=O)(=O)N(Cc2ccccn2)C2CC2)c(C)c1. The summed E-state index contributed by atoms with van der Waals surface area (Å²) >= 11 is 0. The molecule has 0 radical (unpaired) electrons. The average Bonchev–Trinajstić information content (AvgIpc) is 3.37. The van der Waals surface area contributed by atoms with Crippen LogP contribution >= 0.6 is 0 Å². The molecule has 3 rings (SSSR count). The summed E-state index contributed by atoms with van der Waals surface area (Å²) in [6, 6.07) is 9.18. The van der Waals surface area contributed by atoms with E-state index in [0.717, 1.165) is 18.5 Å². The molecule has 128 valence electrons. The van der Waals surface area contributed by atoms with Crippen molar-refractivity contribution < 1.29 is 13.2 Å². The molecule has 1 aliphatic carbocycles. The Labute approximate surface area is 143 Å². The highest BCUT2D eigenvalue weighted by Crippen LogP contribution is 2.36. The van der Waals surface area contributed by atoms with Gasteiger partial charge in [-0.3, -0.25) is 4.98 Å². The summed E-state index contributed by atoms with van der Waals surface area (Å²) in [6.07, 6.45) is 3.50. The van der Waals surface area contributed by atoms with Crippen LogP contribution in [0.4, 0.5) is 0 Å². The quantitative estimate of drug-likeness (QED) is 0.806. The van der Waals surface area contributed by atoms with Crippen molar-refractivity contribution in [1.82, 2.24) is 9.29 Å². The Morgan fingerprint density at radius 1 is 1.21 bits per heavy atom. The fraction of sp³-hybridized carbons (Fsp3) is 0.389. The first kappa shape index (κ1) is 16.9. The van der Waals surface area contributed by atoms with Crippen molar-refractivity contribution in [2.75, 3.05) is 7.11 Å². The van der Waals surface area contributed by atoms with Gasteiger partial charge in [0.2, 0.25) is 10.0 Å². The first-order valence-electron chi connectivity index (χ1n) is 8.00. The van der Waals surface area contributed by atoms with Gasteiger partial charge in [-0.05, 0) is 62.1 Å². The van der Waals surface area contributed by atoms with Crippen LogP contribution < -0.4 is 4.74 Å². The fourth-order valence-corrected chi connectivity index (χ4v) is 5.05. The summed E-state index contributed by atoms with van der Waals surface area (Å²) in [5.74, 6) is 0.673. The predicted molar refractivity (Wildman–Crippen MR) is 92.5 cm³/mol. The summed E-state index contributed by atoms with van der Waals surface area (Å²) in [5.41, 5.74) is 2.17. The van der Waals surface area contributed by atoms with E-state index in [1.54, 1.807) is 29.7 Å². The summed E-state index contributed by atoms with van der Waals surface area (Å²) in [6.45, 7) is 3.93. The number of aryl methyl sites for hydroxylation is 2. The molecule has 1 aliphatic rings. The molecule has 0 spiro atoms. The van der Waals surface area contributed by atoms with Crippen LogP contribution in [0, 0.1) is 13.8 Å². The number of rotatable bonds is 6. The number of hydrogen-bond acceptors (Lipinski definition) is 4. The van der Waals surface area contributed by atoms with E-state index < -0.39 is 10.0 Å². The maximum Gasteiger partial charge on any atom is 0.244 e. The van der Waals surface area contributed by atoms with Crippen LogP contribution in [0.1, 0.15) is 29.7 Å². The van der Waals surface area contributed by atoms with Crippen molar-refractivity contribution in [3.05, 3.63) is 53.3 Å². The molecule has 0 bridgehead atoms. The van der Waals surface area contributed by atoms with Crippen LogP contribution in [-0.4, -0.2) is 30.9 Å². The largest absolute Gasteiger partial charge is 0.497 e. The van der Waals surface area contributed by atoms with Gasteiger partial charge >= 0.3 is 0 Å². The number of ether oxygens (including phenoxy) is 1. The van der Waals surface area contributed by atoms with Crippen molar-refractivity contribution >= 4 is 10.0 Å². The zero-order valence-electron chi connectivity index (χ0n) is 14.2. The molecule has 5 nitrogen and oxygen atoms in total. The molecule has 2 aromatic rings. The molecule has 0 saturated heterocycles. The highest BCUT2D eigenvalue weighted by Gasteiger charge is 2.39. The summed E-state index contributed by atoms with van der Waals surface area (Å²) in [4.78, 5) is 4.66. The van der Waals surface area contributed by atoms with Gasteiger partial charge in [-0.2, -0.15) is 4.31 Å². The lowest BCUT2D eigenvalue weighted by Gasteiger charge is -2.24. The maximum absolute atomic E-state index is 13.3. The number of nitrogens with zero attached hydrogens (tertiary/aromatic N) is 2. The molecule has 0 aliphatic heterocycles. The highest BCUT2D eigenvalue weighted by molar-refractivity contribution is 7.89. The van der Waals surface area contributed by atoms with Crippen molar-refractivity contribution in [3.8, 4) is 5.75 Å². The number of hydrogen-bond donors (Lipinski definition) is 0. The average molecular weight is 346 g/mol. The van der Waals surface area contributed by atoms with Crippen LogP contribution in [0.3, 0.4) is 0 Å². The third kappa shape index (κ3) is 3.30. The Bertz CT molecular complexity index is 808. The van der Waals surface area contributed by atoms with E-state index in [4.69, 9.17) is 4.74 Å². The minimum atomic E-state index is -3.58. The Kier molecular flexibility index (Phi) is 4.60. The van der Waals surface area contributed by atoms with Gasteiger partial charge in [0.25, 0.3) is 0 Å². The van der Waals surface area contributed by atoms with Gasteiger partial charge in [-0.1, -0.05) is 6.07 Å². The second kappa shape index (κ2) is 6.53. The molecule has 1 saturated carbocycles. The number of sulfonamides is 1. The monoisotopic (exact) mass is 346 g/mol. The van der Waals surface area contributed by atoms with E-state index in [0.29, 0.717) is 28.3 Å². The van der Waals surface area contributed by atoms with Crippen molar-refractivity contribution in [1.29, 1.82) is 0 Å². The lowest BCUT2D eigenvalue weighted by Crippen LogP contribution is -2.33. The third-order valence-corrected chi connectivity index (χ3v) is 6.44. The van der Waals surface area contributed by atoms with Gasteiger partial charge in [0.05, 0.1) is 24.2 Å². The van der Waals surface area contributed by atoms with Gasteiger partial charge in [-0.15, -0.1) is 0 Å². The summed E-state index contributed by atoms with van der Waals surface area (Å²) in [7, 11) is -2.00. The molecular weight excluding hydrogens is 324 g/mol. The van der Waals surface area contributed by atoms with Crippen LogP contribution in [-0.2, 0) is 16.6 Å². The molecule has 1 aromatic carbocycles. The Balaban J connectivity index is 2.01. The predicted octanol–water partition coefficient (Wildman–Crippen LogP) is 3.06. The topological polar surface area (TPSA) is 59.5 Å². The lowest BCUT2D eigenvalue weighted by atomic mass is 10.1. The van der Waals surface area contributed by atoms with Crippen LogP contribution in [0.5, 0.6) is 5.75 Å². The van der Waals surface area contributed by atoms with Crippen LogP contribution in [0.2, 0.25) is 0 Å². The zero-order valence-corrected chi connectivity index (χ0v) is 15.0. The van der Waals surface area contributed by atoms with E-state index in [2.05, 4.69) is 4.98 Å². The number of pyridine rings is 1. The van der Waals surface area contributed by atoms with Crippen LogP contribution in [0.25, 0.3) is 0 Å². The second-order valence-corrected chi connectivity index (χ2v) is 8.02. The zero-order chi connectivity index (χ0) is 17.3. The number of benzene rings is 1. The molecule has 0 unspecified atom stereocenters. The molecule has 0 amide bonds. The van der Waals surface area contributed by atoms with E-state index in [-0.39, 0.29) is 6.04 Å². The molecule has 24 heavy (non-hydrogen) atoms. The van der Waals surface area contributed by atoms with Gasteiger partial charge < -0.3 is 4.74 Å². The first-order valence-corrected chi connectivity index (χ1v) is 9.44. The van der Waals surface area contributed by atoms with Gasteiger partial charge in [0.15, 0.2) is 0 Å². The highest BCUT2D eigenvalue weighted by atomic mass is 32.2. The standard InChI is InChI=1S/C18H22N2O3S/c1-13-10-17(23-3)11-14(2)18(13)24(21,22)20(16-7-8-16)12-15-6-4-5-9-19-15/h4-6,9-11,16H,7-8,12H2,1-3H3. The van der Waals surface area contributed by atoms with Crippen molar-refractivity contribution in [2.24, 2.45) is 0 Å². The molecule has 1 heterocycles. The summed E-state index contributed by atoms with van der Waals surface area (Å²) in [5, 5.41) is 0. The molecule has 0 atom stereocenters. The number of methoxy groups -OCH3 is 1. The Hall–Kier alpha value is -1.92. The Morgan fingerprint density at radius 3 is 2.38 bits per heavy atom. The first-order chi connectivity index (χ1) is 11.4. The van der Waals surface area contributed by atoms with E-state index in [1.165, 1.54) is 0 Å². The third-order valence-electron chi connectivity index (χ3n) is 4.23. The minimum Gasteiger partial charge on any atom is -0.497 e. The fourth-order valence-electron chi connectivity index (χ4n) is 2.98. The molecule has 0 N–H and O–H groups in total. The van der Waals surface area contributed by atoms with Gasteiger partial charge in [0.1, 0.15) is 5.75 Å².